The molecule has 0 spiro atoms. The lowest BCUT2D eigenvalue weighted by atomic mass is 9.97. The second-order valence-electron chi connectivity index (χ2n) is 5.48. The van der Waals surface area contributed by atoms with Crippen LogP contribution in [0.25, 0.3) is 11.0 Å². The number of imidazole rings is 1. The molecule has 1 fully saturated rings. The van der Waals surface area contributed by atoms with Crippen molar-refractivity contribution in [3.05, 3.63) is 29.0 Å². The second-order valence-corrected chi connectivity index (χ2v) is 6.40. The molecule has 0 radical (unpaired) electrons. The molecule has 2 N–H and O–H groups in total. The van der Waals surface area contributed by atoms with Crippen LogP contribution in [0.5, 0.6) is 0 Å². The zero-order valence-electron chi connectivity index (χ0n) is 11.4. The Bertz CT molecular complexity index is 584. The van der Waals surface area contributed by atoms with Gasteiger partial charge in [-0.2, -0.15) is 0 Å². The summed E-state index contributed by atoms with van der Waals surface area (Å²) in [6.45, 7) is 1.98. The van der Waals surface area contributed by atoms with E-state index in [1.54, 1.807) is 0 Å². The minimum absolute atomic E-state index is 0.181. The van der Waals surface area contributed by atoms with Crippen molar-refractivity contribution in [1.29, 1.82) is 0 Å². The highest BCUT2D eigenvalue weighted by molar-refractivity contribution is 9.10. The fourth-order valence-corrected chi connectivity index (χ4v) is 3.28. The number of piperidine rings is 1. The molecule has 0 aliphatic carbocycles. The molecule has 1 aromatic carbocycles. The van der Waals surface area contributed by atoms with Crippen LogP contribution in [-0.4, -0.2) is 33.3 Å². The first-order valence-electron chi connectivity index (χ1n) is 7.26. The van der Waals surface area contributed by atoms with Gasteiger partial charge in [-0.05, 0) is 50.4 Å². The standard InChI is InChI=1S/C15H20BrN3O/c16-11-5-6-14-13(9-11)18-10-19(14)8-2-3-12-15(20)4-1-7-17-12/h5-6,9-10,12,15,17,20H,1-4,7-8H2/t12-,15+/m1/s1. The molecular formula is C15H20BrN3O. The van der Waals surface area contributed by atoms with E-state index in [-0.39, 0.29) is 12.1 Å². The van der Waals surface area contributed by atoms with Crippen molar-refractivity contribution in [1.82, 2.24) is 14.9 Å². The summed E-state index contributed by atoms with van der Waals surface area (Å²) in [5, 5.41) is 13.4. The van der Waals surface area contributed by atoms with E-state index in [9.17, 15) is 5.11 Å². The first-order chi connectivity index (χ1) is 9.74. The Morgan fingerprint density at radius 2 is 2.35 bits per heavy atom. The predicted molar refractivity (Wildman–Crippen MR) is 83.7 cm³/mol. The van der Waals surface area contributed by atoms with Crippen LogP contribution in [-0.2, 0) is 6.54 Å². The minimum Gasteiger partial charge on any atom is -0.392 e. The van der Waals surface area contributed by atoms with Crippen molar-refractivity contribution in [2.24, 2.45) is 0 Å². The number of aryl methyl sites for hydroxylation is 1. The van der Waals surface area contributed by atoms with Crippen LogP contribution >= 0.6 is 15.9 Å². The third-order valence-corrected chi connectivity index (χ3v) is 4.54. The van der Waals surface area contributed by atoms with Crippen LogP contribution < -0.4 is 5.32 Å². The molecule has 0 amide bonds. The number of fused-ring (bicyclic) bond motifs is 1. The molecule has 1 aromatic heterocycles. The van der Waals surface area contributed by atoms with E-state index in [4.69, 9.17) is 0 Å². The van der Waals surface area contributed by atoms with E-state index in [1.165, 1.54) is 5.52 Å². The Balaban J connectivity index is 1.59. The summed E-state index contributed by atoms with van der Waals surface area (Å²) in [7, 11) is 0. The summed E-state index contributed by atoms with van der Waals surface area (Å²) in [6, 6.07) is 6.44. The maximum Gasteiger partial charge on any atom is 0.0958 e. The number of benzene rings is 1. The smallest absolute Gasteiger partial charge is 0.0958 e. The number of aliphatic hydroxyl groups is 1. The van der Waals surface area contributed by atoms with Gasteiger partial charge >= 0.3 is 0 Å². The van der Waals surface area contributed by atoms with Crippen LogP contribution in [0.15, 0.2) is 29.0 Å². The van der Waals surface area contributed by atoms with Gasteiger partial charge < -0.3 is 15.0 Å². The summed E-state index contributed by atoms with van der Waals surface area (Å²) in [4.78, 5) is 4.43. The largest absolute Gasteiger partial charge is 0.392 e. The average Bonchev–Trinajstić information content (AvgIpc) is 2.83. The first-order valence-corrected chi connectivity index (χ1v) is 8.05. The number of aromatic nitrogens is 2. The number of rotatable bonds is 4. The van der Waals surface area contributed by atoms with Gasteiger partial charge in [-0.3, -0.25) is 0 Å². The summed E-state index contributed by atoms with van der Waals surface area (Å²) < 4.78 is 3.25. The molecule has 3 rings (SSSR count). The molecule has 0 bridgehead atoms. The molecule has 108 valence electrons. The molecule has 4 nitrogen and oxygen atoms in total. The van der Waals surface area contributed by atoms with Crippen LogP contribution in [0.4, 0.5) is 0 Å². The van der Waals surface area contributed by atoms with Gasteiger partial charge in [0.15, 0.2) is 0 Å². The van der Waals surface area contributed by atoms with Crippen molar-refractivity contribution < 1.29 is 5.11 Å². The predicted octanol–water partition coefficient (Wildman–Crippen LogP) is 2.69. The van der Waals surface area contributed by atoms with E-state index in [1.807, 2.05) is 18.5 Å². The fraction of sp³-hybridized carbons (Fsp3) is 0.533. The fourth-order valence-electron chi connectivity index (χ4n) is 2.93. The molecule has 2 heterocycles. The SMILES string of the molecule is O[C@H]1CCCN[C@@H]1CCCn1cnc2cc(Br)ccc21. The van der Waals surface area contributed by atoms with Gasteiger partial charge in [0, 0.05) is 17.1 Å². The van der Waals surface area contributed by atoms with Crippen molar-refractivity contribution in [2.45, 2.75) is 44.4 Å². The van der Waals surface area contributed by atoms with Crippen LogP contribution in [0.3, 0.4) is 0 Å². The third kappa shape index (κ3) is 3.05. The van der Waals surface area contributed by atoms with Crippen molar-refractivity contribution in [3.63, 3.8) is 0 Å². The molecule has 5 heteroatoms. The van der Waals surface area contributed by atoms with Crippen molar-refractivity contribution >= 4 is 27.0 Å². The van der Waals surface area contributed by atoms with E-state index in [0.29, 0.717) is 0 Å². The van der Waals surface area contributed by atoms with Gasteiger partial charge in [-0.1, -0.05) is 15.9 Å². The Labute approximate surface area is 127 Å². The van der Waals surface area contributed by atoms with Gasteiger partial charge in [0.2, 0.25) is 0 Å². The number of aliphatic hydroxyl groups excluding tert-OH is 1. The Hall–Kier alpha value is -0.910. The lowest BCUT2D eigenvalue weighted by Crippen LogP contribution is -2.44. The van der Waals surface area contributed by atoms with Crippen LogP contribution in [0.2, 0.25) is 0 Å². The summed E-state index contributed by atoms with van der Waals surface area (Å²) in [5.41, 5.74) is 2.19. The summed E-state index contributed by atoms with van der Waals surface area (Å²) in [6.07, 6.45) is 5.80. The van der Waals surface area contributed by atoms with E-state index >= 15 is 0 Å². The average molecular weight is 338 g/mol. The number of hydrogen-bond acceptors (Lipinski definition) is 3. The molecule has 1 aliphatic rings. The molecule has 2 atom stereocenters. The molecule has 1 saturated heterocycles. The molecular weight excluding hydrogens is 318 g/mol. The summed E-state index contributed by atoms with van der Waals surface area (Å²) >= 11 is 3.47. The topological polar surface area (TPSA) is 50.1 Å². The van der Waals surface area contributed by atoms with Crippen molar-refractivity contribution in [2.75, 3.05) is 6.54 Å². The van der Waals surface area contributed by atoms with E-state index in [0.717, 1.165) is 48.8 Å². The molecule has 20 heavy (non-hydrogen) atoms. The van der Waals surface area contributed by atoms with Crippen molar-refractivity contribution in [3.8, 4) is 0 Å². The Morgan fingerprint density at radius 3 is 3.20 bits per heavy atom. The van der Waals surface area contributed by atoms with Gasteiger partial charge in [-0.15, -0.1) is 0 Å². The lowest BCUT2D eigenvalue weighted by molar-refractivity contribution is 0.0909. The maximum atomic E-state index is 9.94. The van der Waals surface area contributed by atoms with Gasteiger partial charge in [0.1, 0.15) is 0 Å². The number of halogens is 1. The maximum absolute atomic E-state index is 9.94. The molecule has 2 aromatic rings. The third-order valence-electron chi connectivity index (χ3n) is 4.04. The number of hydrogen-bond donors (Lipinski definition) is 2. The van der Waals surface area contributed by atoms with Gasteiger partial charge in [-0.25, -0.2) is 4.98 Å². The normalized spacial score (nSPS) is 23.3. The van der Waals surface area contributed by atoms with E-state index < -0.39 is 0 Å². The minimum atomic E-state index is -0.181. The Kier molecular flexibility index (Phi) is 4.38. The number of nitrogens with zero attached hydrogens (tertiary/aromatic N) is 2. The molecule has 1 aliphatic heterocycles. The Morgan fingerprint density at radius 1 is 1.45 bits per heavy atom. The summed E-state index contributed by atoms with van der Waals surface area (Å²) in [5.74, 6) is 0. The molecule has 0 unspecified atom stereocenters. The first kappa shape index (κ1) is 14.0. The van der Waals surface area contributed by atoms with Crippen LogP contribution in [0.1, 0.15) is 25.7 Å². The second kappa shape index (κ2) is 6.24. The highest BCUT2D eigenvalue weighted by atomic mass is 79.9. The van der Waals surface area contributed by atoms with E-state index in [2.05, 4.69) is 36.9 Å². The zero-order valence-corrected chi connectivity index (χ0v) is 13.0. The van der Waals surface area contributed by atoms with Gasteiger partial charge in [0.05, 0.1) is 23.5 Å². The van der Waals surface area contributed by atoms with Gasteiger partial charge in [0.25, 0.3) is 0 Å². The highest BCUT2D eigenvalue weighted by Crippen LogP contribution is 2.20. The quantitative estimate of drug-likeness (QED) is 0.901. The zero-order chi connectivity index (χ0) is 13.9. The van der Waals surface area contributed by atoms with Crippen LogP contribution in [0, 0.1) is 0 Å². The number of nitrogens with one attached hydrogen (secondary N) is 1. The lowest BCUT2D eigenvalue weighted by Gasteiger charge is -2.29. The highest BCUT2D eigenvalue weighted by Gasteiger charge is 2.21. The monoisotopic (exact) mass is 337 g/mol. The molecule has 0 saturated carbocycles.